The molecule has 8 heteroatoms. The highest BCUT2D eigenvalue weighted by Gasteiger charge is 2.21. The number of halogens is 3. The Morgan fingerprint density at radius 2 is 1.96 bits per heavy atom. The number of benzene rings is 2. The average Bonchev–Trinajstić information content (AvgIpc) is 2.67. The van der Waals surface area contributed by atoms with E-state index in [1.807, 2.05) is 6.07 Å². The number of carbonyl (C=O) groups is 1. The number of hydrogen-bond donors (Lipinski definition) is 1. The van der Waals surface area contributed by atoms with E-state index in [-0.39, 0.29) is 28.4 Å². The molecule has 0 aliphatic rings. The van der Waals surface area contributed by atoms with Crippen molar-refractivity contribution < 1.29 is 13.9 Å². The fourth-order valence-electron chi connectivity index (χ4n) is 2.57. The third kappa shape index (κ3) is 4.77. The first-order valence-electron chi connectivity index (χ1n) is 8.38. The van der Waals surface area contributed by atoms with Gasteiger partial charge in [-0.3, -0.25) is 4.79 Å². The number of aryl methyl sites for hydroxylation is 1. The molecule has 0 spiro atoms. The van der Waals surface area contributed by atoms with Crippen molar-refractivity contribution in [2.45, 2.75) is 13.1 Å². The van der Waals surface area contributed by atoms with Crippen molar-refractivity contribution in [3.63, 3.8) is 0 Å². The van der Waals surface area contributed by atoms with Crippen LogP contribution in [-0.2, 0) is 0 Å². The van der Waals surface area contributed by atoms with Crippen LogP contribution in [0, 0.1) is 6.92 Å². The molecule has 0 radical (unpaired) electrons. The first-order valence-corrected chi connectivity index (χ1v) is 9.13. The van der Waals surface area contributed by atoms with Crippen LogP contribution in [-0.4, -0.2) is 22.6 Å². The fourth-order valence-corrected chi connectivity index (χ4v) is 3.09. The number of rotatable bonds is 6. The molecule has 2 aromatic carbocycles. The molecule has 0 saturated heterocycles. The maximum atomic E-state index is 14.6. The molecule has 0 saturated carbocycles. The second-order valence-electron chi connectivity index (χ2n) is 5.93. The summed E-state index contributed by atoms with van der Waals surface area (Å²) in [6.07, 6.45) is -0.153. The second kappa shape index (κ2) is 8.99. The van der Waals surface area contributed by atoms with Crippen LogP contribution in [0.4, 0.5) is 4.39 Å². The lowest BCUT2D eigenvalue weighted by molar-refractivity contribution is 0.0938. The molecule has 0 aliphatic carbocycles. The average molecular weight is 420 g/mol. The summed E-state index contributed by atoms with van der Waals surface area (Å²) in [6.45, 7) is 1.36. The molecule has 144 valence electrons. The molecular formula is C20H16Cl2FN3O2. The SMILES string of the molecule is Cc1nncc(Oc2ccccc2)c1C(=O)NCC(F)c1ccc(Cl)cc1Cl. The molecule has 1 N–H and O–H groups in total. The Morgan fingerprint density at radius 3 is 2.68 bits per heavy atom. The molecule has 28 heavy (non-hydrogen) atoms. The molecule has 3 rings (SSSR count). The first kappa shape index (κ1) is 20.0. The van der Waals surface area contributed by atoms with Crippen molar-refractivity contribution >= 4 is 29.1 Å². The van der Waals surface area contributed by atoms with Gasteiger partial charge in [0.05, 0.1) is 18.4 Å². The summed E-state index contributed by atoms with van der Waals surface area (Å²) in [4.78, 5) is 12.7. The Hall–Kier alpha value is -2.70. The van der Waals surface area contributed by atoms with Crippen molar-refractivity contribution in [2.75, 3.05) is 6.54 Å². The van der Waals surface area contributed by atoms with Crippen LogP contribution in [0.15, 0.2) is 54.7 Å². The zero-order valence-electron chi connectivity index (χ0n) is 14.8. The fraction of sp³-hybridized carbons (Fsp3) is 0.150. The molecule has 1 heterocycles. The Bertz CT molecular complexity index is 986. The molecule has 3 aromatic rings. The number of nitrogens with zero attached hydrogens (tertiary/aromatic N) is 2. The number of para-hydroxylation sites is 1. The van der Waals surface area contributed by atoms with Crippen molar-refractivity contribution in [3.05, 3.63) is 81.6 Å². The lowest BCUT2D eigenvalue weighted by Crippen LogP contribution is -2.28. The minimum Gasteiger partial charge on any atom is -0.455 e. The van der Waals surface area contributed by atoms with Gasteiger partial charge in [-0.15, -0.1) is 0 Å². The van der Waals surface area contributed by atoms with Crippen molar-refractivity contribution in [1.82, 2.24) is 15.5 Å². The largest absolute Gasteiger partial charge is 0.455 e. The van der Waals surface area contributed by atoms with Crippen LogP contribution >= 0.6 is 23.2 Å². The first-order chi connectivity index (χ1) is 13.5. The van der Waals surface area contributed by atoms with Gasteiger partial charge >= 0.3 is 0 Å². The smallest absolute Gasteiger partial charge is 0.257 e. The molecule has 1 unspecified atom stereocenters. The van der Waals surface area contributed by atoms with Crippen LogP contribution in [0.2, 0.25) is 10.0 Å². The standard InChI is InChI=1S/C20H16Cl2FN3O2/c1-12-19(18(11-25-26-12)28-14-5-3-2-4-6-14)20(27)24-10-17(23)15-8-7-13(21)9-16(15)22/h2-9,11,17H,10H2,1H3,(H,24,27). The van der Waals surface area contributed by atoms with Gasteiger partial charge in [-0.25, -0.2) is 4.39 Å². The van der Waals surface area contributed by atoms with Gasteiger partial charge in [0.2, 0.25) is 0 Å². The topological polar surface area (TPSA) is 64.1 Å². The van der Waals surface area contributed by atoms with Gasteiger partial charge in [-0.2, -0.15) is 10.2 Å². The van der Waals surface area contributed by atoms with Crippen molar-refractivity contribution in [3.8, 4) is 11.5 Å². The molecule has 0 fully saturated rings. The predicted molar refractivity (Wildman–Crippen MR) is 106 cm³/mol. The van der Waals surface area contributed by atoms with Crippen LogP contribution in [0.3, 0.4) is 0 Å². The molecule has 1 atom stereocenters. The summed E-state index contributed by atoms with van der Waals surface area (Å²) in [5, 5.41) is 10.9. The van der Waals surface area contributed by atoms with Gasteiger partial charge in [0.1, 0.15) is 17.5 Å². The van der Waals surface area contributed by atoms with Gasteiger partial charge in [-0.1, -0.05) is 47.5 Å². The van der Waals surface area contributed by atoms with Gasteiger partial charge in [0.15, 0.2) is 5.75 Å². The van der Waals surface area contributed by atoms with E-state index in [9.17, 15) is 9.18 Å². The molecule has 5 nitrogen and oxygen atoms in total. The van der Waals surface area contributed by atoms with Crippen molar-refractivity contribution in [2.24, 2.45) is 0 Å². The highest BCUT2D eigenvalue weighted by atomic mass is 35.5. The summed E-state index contributed by atoms with van der Waals surface area (Å²) in [5.74, 6) is 0.252. The lowest BCUT2D eigenvalue weighted by atomic mass is 10.1. The zero-order chi connectivity index (χ0) is 20.1. The summed E-state index contributed by atoms with van der Waals surface area (Å²) in [5.41, 5.74) is 0.802. The summed E-state index contributed by atoms with van der Waals surface area (Å²) in [6, 6.07) is 13.4. The monoisotopic (exact) mass is 419 g/mol. The number of ether oxygens (including phenoxy) is 1. The van der Waals surface area contributed by atoms with Gasteiger partial charge in [0, 0.05) is 15.6 Å². The Balaban J connectivity index is 1.75. The number of hydrogen-bond acceptors (Lipinski definition) is 4. The van der Waals surface area contributed by atoms with Gasteiger partial charge in [0.25, 0.3) is 5.91 Å². The Kier molecular flexibility index (Phi) is 6.44. The van der Waals surface area contributed by atoms with E-state index in [1.54, 1.807) is 37.3 Å². The third-order valence-corrected chi connectivity index (χ3v) is 4.49. The van der Waals surface area contributed by atoms with Crippen LogP contribution < -0.4 is 10.1 Å². The van der Waals surface area contributed by atoms with E-state index in [0.29, 0.717) is 16.5 Å². The Morgan fingerprint density at radius 1 is 1.21 bits per heavy atom. The number of aromatic nitrogens is 2. The van der Waals surface area contributed by atoms with E-state index in [1.165, 1.54) is 18.3 Å². The third-order valence-electron chi connectivity index (χ3n) is 3.93. The number of amides is 1. The molecule has 0 bridgehead atoms. The van der Waals surface area contributed by atoms with E-state index in [2.05, 4.69) is 15.5 Å². The summed E-state index contributed by atoms with van der Waals surface area (Å²) >= 11 is 11.8. The Labute approximate surface area is 171 Å². The van der Waals surface area contributed by atoms with E-state index < -0.39 is 12.1 Å². The zero-order valence-corrected chi connectivity index (χ0v) is 16.3. The van der Waals surface area contributed by atoms with E-state index in [0.717, 1.165) is 0 Å². The predicted octanol–water partition coefficient (Wildman–Crippen LogP) is 5.32. The summed E-state index contributed by atoms with van der Waals surface area (Å²) in [7, 11) is 0. The highest BCUT2D eigenvalue weighted by molar-refractivity contribution is 6.35. The molecule has 0 aliphatic heterocycles. The molecule has 1 amide bonds. The maximum Gasteiger partial charge on any atom is 0.257 e. The normalized spacial score (nSPS) is 11.7. The van der Waals surface area contributed by atoms with Crippen LogP contribution in [0.1, 0.15) is 27.8 Å². The van der Waals surface area contributed by atoms with Crippen LogP contribution in [0.25, 0.3) is 0 Å². The van der Waals surface area contributed by atoms with Gasteiger partial charge in [-0.05, 0) is 31.2 Å². The number of carbonyl (C=O) groups excluding carboxylic acids is 1. The lowest BCUT2D eigenvalue weighted by Gasteiger charge is -2.14. The van der Waals surface area contributed by atoms with Crippen LogP contribution in [0.5, 0.6) is 11.5 Å². The molecule has 1 aromatic heterocycles. The second-order valence-corrected chi connectivity index (χ2v) is 6.77. The van der Waals surface area contributed by atoms with E-state index in [4.69, 9.17) is 27.9 Å². The van der Waals surface area contributed by atoms with Gasteiger partial charge < -0.3 is 10.1 Å². The minimum absolute atomic E-state index is 0.188. The highest BCUT2D eigenvalue weighted by Crippen LogP contribution is 2.29. The molecular weight excluding hydrogens is 404 g/mol. The number of alkyl halides is 1. The van der Waals surface area contributed by atoms with Crippen molar-refractivity contribution in [1.29, 1.82) is 0 Å². The summed E-state index contributed by atoms with van der Waals surface area (Å²) < 4.78 is 20.3. The van der Waals surface area contributed by atoms with E-state index >= 15 is 0 Å². The maximum absolute atomic E-state index is 14.6. The number of nitrogens with one attached hydrogen (secondary N) is 1. The minimum atomic E-state index is -1.50. The quantitative estimate of drug-likeness (QED) is 0.586.